The van der Waals surface area contributed by atoms with Crippen molar-refractivity contribution in [3.8, 4) is 0 Å². The number of hydrogen-bond acceptors (Lipinski definition) is 10. The van der Waals surface area contributed by atoms with E-state index in [9.17, 15) is 29.1 Å². The fourth-order valence-electron chi connectivity index (χ4n) is 3.72. The third kappa shape index (κ3) is 19.0. The number of amides is 4. The van der Waals surface area contributed by atoms with Gasteiger partial charge in [0.25, 0.3) is 0 Å². The largest absolute Gasteiger partial charge is 0.480 e. The molecule has 14 nitrogen and oxygen atoms in total. The normalized spacial score (nSPS) is 12.9. The van der Waals surface area contributed by atoms with Crippen LogP contribution in [0.4, 0.5) is 19.2 Å². The SMILES string of the molecule is CC(C)(C)OC(=O)N(CCCN)CCCCN(CCC(C(=O)O)N(C(=O)OC(C)(C)C)C(=O)OC(C)(C)C)C(=O)OC(C)(C)C. The maximum Gasteiger partial charge on any atom is 0.420 e. The summed E-state index contributed by atoms with van der Waals surface area (Å²) in [5.74, 6) is -1.48. The summed E-state index contributed by atoms with van der Waals surface area (Å²) in [5, 5.41) is 10.1. The number of rotatable bonds is 13. The van der Waals surface area contributed by atoms with E-state index >= 15 is 0 Å². The van der Waals surface area contributed by atoms with Gasteiger partial charge >= 0.3 is 30.3 Å². The lowest BCUT2D eigenvalue weighted by molar-refractivity contribution is -0.143. The minimum Gasteiger partial charge on any atom is -0.480 e. The van der Waals surface area contributed by atoms with E-state index in [4.69, 9.17) is 24.7 Å². The van der Waals surface area contributed by atoms with Gasteiger partial charge in [0.2, 0.25) is 0 Å². The van der Waals surface area contributed by atoms with E-state index in [2.05, 4.69) is 0 Å². The Balaban J connectivity index is 5.97. The van der Waals surface area contributed by atoms with Crippen molar-refractivity contribution in [2.45, 2.75) is 137 Å². The molecule has 262 valence electrons. The van der Waals surface area contributed by atoms with Crippen LogP contribution >= 0.6 is 0 Å². The average molecular weight is 647 g/mol. The van der Waals surface area contributed by atoms with Crippen LogP contribution in [0, 0.1) is 0 Å². The molecule has 1 atom stereocenters. The standard InChI is InChI=1S/C31H58N4O10/c1-28(2,3)42-24(38)33(20-15-17-32)18-13-14-19-34(25(39)43-29(4,5)6)21-16-22(23(36)37)35(26(40)44-30(7,8)9)27(41)45-31(10,11)12/h22H,13-21,32H2,1-12H3,(H,36,37). The van der Waals surface area contributed by atoms with Crippen LogP contribution in [0.15, 0.2) is 0 Å². The molecule has 14 heteroatoms. The van der Waals surface area contributed by atoms with Gasteiger partial charge in [0.15, 0.2) is 0 Å². The highest BCUT2D eigenvalue weighted by Crippen LogP contribution is 2.20. The predicted molar refractivity (Wildman–Crippen MR) is 169 cm³/mol. The highest BCUT2D eigenvalue weighted by atomic mass is 16.6. The highest BCUT2D eigenvalue weighted by Gasteiger charge is 2.41. The summed E-state index contributed by atoms with van der Waals surface area (Å²) in [6.07, 6.45) is -2.35. The second-order valence-electron chi connectivity index (χ2n) is 14.8. The number of carbonyl (C=O) groups is 5. The molecule has 0 aromatic carbocycles. The van der Waals surface area contributed by atoms with Crippen molar-refractivity contribution in [1.82, 2.24) is 14.7 Å². The van der Waals surface area contributed by atoms with Crippen molar-refractivity contribution in [3.63, 3.8) is 0 Å². The first-order valence-electron chi connectivity index (χ1n) is 15.4. The summed E-state index contributed by atoms with van der Waals surface area (Å²) in [6, 6.07) is -1.71. The van der Waals surface area contributed by atoms with E-state index in [0.29, 0.717) is 43.8 Å². The smallest absolute Gasteiger partial charge is 0.420 e. The Labute approximate surface area is 268 Å². The van der Waals surface area contributed by atoms with Crippen molar-refractivity contribution in [2.75, 3.05) is 32.7 Å². The summed E-state index contributed by atoms with van der Waals surface area (Å²) in [5.41, 5.74) is 2.08. The van der Waals surface area contributed by atoms with Crippen LogP contribution < -0.4 is 5.73 Å². The number of carboxylic acid groups (broad SMARTS) is 1. The molecule has 1 unspecified atom stereocenters. The first-order chi connectivity index (χ1) is 20.3. The van der Waals surface area contributed by atoms with Crippen LogP contribution in [0.5, 0.6) is 0 Å². The molecule has 0 heterocycles. The van der Waals surface area contributed by atoms with Gasteiger partial charge in [-0.3, -0.25) is 0 Å². The lowest BCUT2D eigenvalue weighted by Crippen LogP contribution is -2.53. The van der Waals surface area contributed by atoms with Gasteiger partial charge in [0.05, 0.1) is 0 Å². The number of unbranched alkanes of at least 4 members (excludes halogenated alkanes) is 1. The maximum absolute atomic E-state index is 13.1. The summed E-state index contributed by atoms with van der Waals surface area (Å²) in [6.45, 7) is 21.1. The molecule has 0 aliphatic heterocycles. The molecule has 0 radical (unpaired) electrons. The van der Waals surface area contributed by atoms with Gasteiger partial charge in [-0.05, 0) is 115 Å². The van der Waals surface area contributed by atoms with Crippen LogP contribution in [0.3, 0.4) is 0 Å². The minimum absolute atomic E-state index is 0.152. The Kier molecular flexibility index (Phi) is 16.1. The van der Waals surface area contributed by atoms with E-state index in [1.54, 1.807) is 88.0 Å². The van der Waals surface area contributed by atoms with Gasteiger partial charge in [0, 0.05) is 26.2 Å². The fourth-order valence-corrected chi connectivity index (χ4v) is 3.72. The number of ether oxygens (including phenoxy) is 4. The fraction of sp³-hybridized carbons (Fsp3) is 0.839. The minimum atomic E-state index is -1.71. The summed E-state index contributed by atoms with van der Waals surface area (Å²) in [4.78, 5) is 67.7. The van der Waals surface area contributed by atoms with Gasteiger partial charge in [-0.25, -0.2) is 24.0 Å². The second-order valence-corrected chi connectivity index (χ2v) is 14.8. The van der Waals surface area contributed by atoms with Crippen molar-refractivity contribution in [1.29, 1.82) is 0 Å². The molecule has 0 saturated carbocycles. The van der Waals surface area contributed by atoms with E-state index < -0.39 is 58.8 Å². The molecule has 0 aliphatic carbocycles. The molecule has 4 amide bonds. The van der Waals surface area contributed by atoms with Crippen molar-refractivity contribution in [2.24, 2.45) is 5.73 Å². The van der Waals surface area contributed by atoms with Crippen LogP contribution in [0.2, 0.25) is 0 Å². The molecule has 0 saturated heterocycles. The molecule has 0 rings (SSSR count). The number of aliphatic carboxylic acids is 1. The second kappa shape index (κ2) is 17.4. The third-order valence-corrected chi connectivity index (χ3v) is 5.49. The topological polar surface area (TPSA) is 178 Å². The van der Waals surface area contributed by atoms with Crippen molar-refractivity contribution >= 4 is 30.3 Å². The first-order valence-corrected chi connectivity index (χ1v) is 15.4. The van der Waals surface area contributed by atoms with Crippen molar-refractivity contribution in [3.05, 3.63) is 0 Å². The van der Waals surface area contributed by atoms with Gasteiger partial charge in [-0.15, -0.1) is 0 Å². The molecular weight excluding hydrogens is 588 g/mol. The lowest BCUT2D eigenvalue weighted by atomic mass is 10.1. The number of nitrogens with zero attached hydrogens (tertiary/aromatic N) is 3. The molecule has 0 fully saturated rings. The number of hydrogen-bond donors (Lipinski definition) is 2. The molecule has 0 bridgehead atoms. The lowest BCUT2D eigenvalue weighted by Gasteiger charge is -2.33. The van der Waals surface area contributed by atoms with Gasteiger partial charge in [-0.2, -0.15) is 4.90 Å². The molecule has 0 aliphatic rings. The van der Waals surface area contributed by atoms with E-state index in [0.717, 1.165) is 0 Å². The van der Waals surface area contributed by atoms with E-state index in [1.807, 2.05) is 0 Å². The zero-order valence-corrected chi connectivity index (χ0v) is 29.5. The van der Waals surface area contributed by atoms with Crippen LogP contribution in [0.25, 0.3) is 0 Å². The number of carboxylic acids is 1. The monoisotopic (exact) mass is 646 g/mol. The molecule has 3 N–H and O–H groups in total. The quantitative estimate of drug-likeness (QED) is 0.188. The Bertz CT molecular complexity index is 962. The molecule has 0 aromatic rings. The Hall–Kier alpha value is -3.29. The highest BCUT2D eigenvalue weighted by molar-refractivity contribution is 5.93. The van der Waals surface area contributed by atoms with Crippen LogP contribution in [-0.2, 0) is 23.7 Å². The predicted octanol–water partition coefficient (Wildman–Crippen LogP) is 5.61. The van der Waals surface area contributed by atoms with Crippen molar-refractivity contribution < 1.29 is 48.0 Å². The van der Waals surface area contributed by atoms with Gasteiger partial charge < -0.3 is 39.6 Å². The van der Waals surface area contributed by atoms with E-state index in [1.165, 1.54) is 4.90 Å². The zero-order valence-electron chi connectivity index (χ0n) is 29.5. The number of carbonyl (C=O) groups excluding carboxylic acids is 4. The Morgan fingerprint density at radius 2 is 0.867 bits per heavy atom. The van der Waals surface area contributed by atoms with E-state index in [-0.39, 0.29) is 19.5 Å². The number of imide groups is 1. The first kappa shape index (κ1) is 41.7. The summed E-state index contributed by atoms with van der Waals surface area (Å²) in [7, 11) is 0. The van der Waals surface area contributed by atoms with Crippen LogP contribution in [0.1, 0.15) is 109 Å². The maximum atomic E-state index is 13.1. The number of nitrogens with two attached hydrogens (primary N) is 1. The molecule has 0 spiro atoms. The average Bonchev–Trinajstić information content (AvgIpc) is 2.79. The van der Waals surface area contributed by atoms with Gasteiger partial charge in [0.1, 0.15) is 28.4 Å². The Morgan fingerprint density at radius 1 is 0.556 bits per heavy atom. The summed E-state index contributed by atoms with van der Waals surface area (Å²) >= 11 is 0. The molecule has 45 heavy (non-hydrogen) atoms. The third-order valence-electron chi connectivity index (χ3n) is 5.49. The molecule has 0 aromatic heterocycles. The summed E-state index contributed by atoms with van der Waals surface area (Å²) < 4.78 is 21.7. The zero-order chi connectivity index (χ0) is 35.4. The Morgan fingerprint density at radius 3 is 1.18 bits per heavy atom. The molecular formula is C31H58N4O10. The van der Waals surface area contributed by atoms with Crippen LogP contribution in [-0.4, -0.2) is 111 Å². The van der Waals surface area contributed by atoms with Gasteiger partial charge in [-0.1, -0.05) is 0 Å².